The van der Waals surface area contributed by atoms with Crippen molar-refractivity contribution in [3.63, 3.8) is 0 Å². The Morgan fingerprint density at radius 2 is 1.77 bits per heavy atom. The van der Waals surface area contributed by atoms with E-state index in [9.17, 15) is 18.0 Å². The molecule has 0 atom stereocenters. The second-order valence-corrected chi connectivity index (χ2v) is 9.56. The molecule has 1 fully saturated rings. The van der Waals surface area contributed by atoms with Crippen LogP contribution in [0.25, 0.3) is 11.3 Å². The van der Waals surface area contributed by atoms with Gasteiger partial charge in [0, 0.05) is 48.4 Å². The lowest BCUT2D eigenvalue weighted by atomic mass is 10.00. The maximum atomic E-state index is 12.8. The minimum atomic E-state index is -4.18. The standard InChI is InChI=1S/C25H28F3N5OS/c1-17-6-3-7-18(2)23(17)21-15-22(34)30-24(29-21)31-35-20-9-4-8-19(14-20)33-11-5-10-32(12-13-33)16-25(26,27)28/h3-4,6-9,14-15H,5,10-13,16H2,1-2H3,(H2,29,30,31,34). The number of aromatic amines is 1. The van der Waals surface area contributed by atoms with E-state index < -0.39 is 12.7 Å². The predicted octanol–water partition coefficient (Wildman–Crippen LogP) is 5.25. The van der Waals surface area contributed by atoms with Gasteiger partial charge in [-0.05, 0) is 61.5 Å². The SMILES string of the molecule is Cc1cccc(C)c1-c1cc(=O)[nH]c(NSc2cccc(N3CCCN(CC(F)(F)F)CC3)c2)n1. The Kier molecular flexibility index (Phi) is 7.71. The number of hydrogen-bond acceptors (Lipinski definition) is 6. The van der Waals surface area contributed by atoms with E-state index in [1.165, 1.54) is 22.9 Å². The third-order valence-electron chi connectivity index (χ3n) is 5.92. The summed E-state index contributed by atoms with van der Waals surface area (Å²) in [4.78, 5) is 24.1. The molecule has 0 spiro atoms. The van der Waals surface area contributed by atoms with Crippen molar-refractivity contribution < 1.29 is 13.2 Å². The van der Waals surface area contributed by atoms with E-state index in [0.29, 0.717) is 44.2 Å². The first-order valence-electron chi connectivity index (χ1n) is 11.4. The molecule has 186 valence electrons. The molecule has 4 rings (SSSR count). The summed E-state index contributed by atoms with van der Waals surface area (Å²) in [5, 5.41) is 0. The zero-order chi connectivity index (χ0) is 25.0. The number of rotatable bonds is 6. The van der Waals surface area contributed by atoms with Crippen molar-refractivity contribution in [2.75, 3.05) is 42.3 Å². The maximum absolute atomic E-state index is 12.8. The van der Waals surface area contributed by atoms with Gasteiger partial charge < -0.3 is 4.90 Å². The molecule has 1 aliphatic rings. The second-order valence-electron chi connectivity index (χ2n) is 8.68. The zero-order valence-corrected chi connectivity index (χ0v) is 20.5. The number of aryl methyl sites for hydroxylation is 2. The van der Waals surface area contributed by atoms with Gasteiger partial charge in [-0.1, -0.05) is 24.3 Å². The molecule has 0 saturated carbocycles. The molecular formula is C25H28F3N5OS. The highest BCUT2D eigenvalue weighted by atomic mass is 32.2. The predicted molar refractivity (Wildman–Crippen MR) is 135 cm³/mol. The number of anilines is 2. The molecule has 3 aromatic rings. The van der Waals surface area contributed by atoms with Gasteiger partial charge in [0.2, 0.25) is 5.95 Å². The van der Waals surface area contributed by atoms with Crippen molar-refractivity contribution in [2.24, 2.45) is 0 Å². The van der Waals surface area contributed by atoms with Gasteiger partial charge in [-0.2, -0.15) is 13.2 Å². The van der Waals surface area contributed by atoms with Crippen LogP contribution in [0.5, 0.6) is 0 Å². The summed E-state index contributed by atoms with van der Waals surface area (Å²) >= 11 is 1.32. The Hall–Kier alpha value is -2.98. The van der Waals surface area contributed by atoms with Crippen LogP contribution in [0.3, 0.4) is 0 Å². The number of H-pyrrole nitrogens is 1. The van der Waals surface area contributed by atoms with Gasteiger partial charge in [0.15, 0.2) is 0 Å². The van der Waals surface area contributed by atoms with Gasteiger partial charge >= 0.3 is 6.18 Å². The maximum Gasteiger partial charge on any atom is 0.401 e. The Balaban J connectivity index is 1.45. The molecule has 0 aliphatic carbocycles. The lowest BCUT2D eigenvalue weighted by molar-refractivity contribution is -0.145. The van der Waals surface area contributed by atoms with E-state index in [1.54, 1.807) is 0 Å². The number of halogens is 3. The summed E-state index contributed by atoms with van der Waals surface area (Å²) in [5.74, 6) is 0.350. The van der Waals surface area contributed by atoms with Crippen LogP contribution in [-0.2, 0) is 0 Å². The van der Waals surface area contributed by atoms with Gasteiger partial charge in [0.05, 0.1) is 12.2 Å². The molecule has 0 amide bonds. The number of alkyl halides is 3. The first-order chi connectivity index (χ1) is 16.7. The minimum absolute atomic E-state index is 0.248. The molecule has 1 aromatic heterocycles. The first kappa shape index (κ1) is 25.1. The van der Waals surface area contributed by atoms with Gasteiger partial charge in [0.25, 0.3) is 5.56 Å². The molecule has 6 nitrogen and oxygen atoms in total. The summed E-state index contributed by atoms with van der Waals surface area (Å²) in [5.41, 5.74) is 4.34. The lowest BCUT2D eigenvalue weighted by Gasteiger charge is -2.24. The van der Waals surface area contributed by atoms with Gasteiger partial charge in [-0.15, -0.1) is 0 Å². The number of hydrogen-bond donors (Lipinski definition) is 2. The number of aromatic nitrogens is 2. The zero-order valence-electron chi connectivity index (χ0n) is 19.7. The normalized spacial score (nSPS) is 15.2. The fourth-order valence-electron chi connectivity index (χ4n) is 4.34. The van der Waals surface area contributed by atoms with E-state index in [-0.39, 0.29) is 5.56 Å². The van der Waals surface area contributed by atoms with Crippen LogP contribution in [-0.4, -0.2) is 53.8 Å². The van der Waals surface area contributed by atoms with Crippen LogP contribution in [0.15, 0.2) is 58.2 Å². The topological polar surface area (TPSA) is 64.3 Å². The Bertz CT molecular complexity index is 1210. The van der Waals surface area contributed by atoms with Crippen molar-refractivity contribution in [3.8, 4) is 11.3 Å². The highest BCUT2D eigenvalue weighted by Gasteiger charge is 2.31. The van der Waals surface area contributed by atoms with Gasteiger partial charge in [-0.25, -0.2) is 4.98 Å². The van der Waals surface area contributed by atoms with Crippen molar-refractivity contribution >= 4 is 23.6 Å². The Labute approximate surface area is 206 Å². The van der Waals surface area contributed by atoms with E-state index in [0.717, 1.165) is 27.3 Å². The molecule has 0 unspecified atom stereocenters. The van der Waals surface area contributed by atoms with Crippen LogP contribution in [0, 0.1) is 13.8 Å². The van der Waals surface area contributed by atoms with Crippen molar-refractivity contribution in [1.29, 1.82) is 0 Å². The molecule has 2 aromatic carbocycles. The largest absolute Gasteiger partial charge is 0.401 e. The van der Waals surface area contributed by atoms with E-state index in [4.69, 9.17) is 0 Å². The summed E-state index contributed by atoms with van der Waals surface area (Å²) < 4.78 is 41.4. The third-order valence-corrected chi connectivity index (χ3v) is 6.70. The number of benzene rings is 2. The Morgan fingerprint density at radius 3 is 2.51 bits per heavy atom. The fraction of sp³-hybridized carbons (Fsp3) is 0.360. The molecule has 35 heavy (non-hydrogen) atoms. The van der Waals surface area contributed by atoms with Crippen LogP contribution in [0.1, 0.15) is 17.5 Å². The van der Waals surface area contributed by atoms with E-state index in [1.807, 2.05) is 56.3 Å². The van der Waals surface area contributed by atoms with Crippen LogP contribution in [0.4, 0.5) is 24.8 Å². The third kappa shape index (κ3) is 6.79. The molecule has 1 aliphatic heterocycles. The summed E-state index contributed by atoms with van der Waals surface area (Å²) in [7, 11) is 0. The Morgan fingerprint density at radius 1 is 1.03 bits per heavy atom. The molecule has 2 heterocycles. The molecule has 10 heteroatoms. The van der Waals surface area contributed by atoms with Gasteiger partial charge in [-0.3, -0.25) is 19.4 Å². The van der Waals surface area contributed by atoms with Crippen molar-refractivity contribution in [2.45, 2.75) is 31.3 Å². The first-order valence-corrected chi connectivity index (χ1v) is 12.2. The van der Waals surface area contributed by atoms with Crippen LogP contribution < -0.4 is 15.2 Å². The summed E-state index contributed by atoms with van der Waals surface area (Å²) in [6, 6.07) is 15.3. The van der Waals surface area contributed by atoms with Crippen molar-refractivity contribution in [1.82, 2.24) is 14.9 Å². The minimum Gasteiger partial charge on any atom is -0.370 e. The summed E-state index contributed by atoms with van der Waals surface area (Å²) in [6.45, 7) is 5.14. The highest BCUT2D eigenvalue weighted by Crippen LogP contribution is 2.28. The van der Waals surface area contributed by atoms with Crippen LogP contribution in [0.2, 0.25) is 0 Å². The quantitative estimate of drug-likeness (QED) is 0.448. The van der Waals surface area contributed by atoms with E-state index in [2.05, 4.69) is 19.6 Å². The number of nitrogens with zero attached hydrogens (tertiary/aromatic N) is 3. The van der Waals surface area contributed by atoms with Crippen molar-refractivity contribution in [3.05, 3.63) is 70.0 Å². The molecule has 0 bridgehead atoms. The smallest absolute Gasteiger partial charge is 0.370 e. The molecular weight excluding hydrogens is 475 g/mol. The summed E-state index contributed by atoms with van der Waals surface area (Å²) in [6.07, 6.45) is -3.51. The number of nitrogens with one attached hydrogen (secondary N) is 2. The van der Waals surface area contributed by atoms with Gasteiger partial charge in [0.1, 0.15) is 0 Å². The lowest BCUT2D eigenvalue weighted by Crippen LogP contribution is -2.37. The average molecular weight is 504 g/mol. The van der Waals surface area contributed by atoms with E-state index >= 15 is 0 Å². The molecule has 1 saturated heterocycles. The van der Waals surface area contributed by atoms with Crippen LogP contribution >= 0.6 is 11.9 Å². The fourth-order valence-corrected chi connectivity index (χ4v) is 4.98. The highest BCUT2D eigenvalue weighted by molar-refractivity contribution is 8.00. The second kappa shape index (κ2) is 10.7. The average Bonchev–Trinajstić information content (AvgIpc) is 3.02. The molecule has 2 N–H and O–H groups in total. The molecule has 0 radical (unpaired) electrons. The monoisotopic (exact) mass is 503 g/mol.